The van der Waals surface area contributed by atoms with E-state index in [2.05, 4.69) is 41.1 Å². The Morgan fingerprint density at radius 2 is 2.05 bits per heavy atom. The van der Waals surface area contributed by atoms with Gasteiger partial charge in [0.25, 0.3) is 11.8 Å². The number of tetrazole rings is 1. The summed E-state index contributed by atoms with van der Waals surface area (Å²) < 4.78 is 38.9. The summed E-state index contributed by atoms with van der Waals surface area (Å²) in [6, 6.07) is 2.58. The fraction of sp³-hybridized carbons (Fsp3) is 0.333. The van der Waals surface area contributed by atoms with Gasteiger partial charge < -0.3 is 25.7 Å². The van der Waals surface area contributed by atoms with E-state index in [-0.39, 0.29) is 40.3 Å². The van der Waals surface area contributed by atoms with Crippen molar-refractivity contribution in [3.63, 3.8) is 0 Å². The Morgan fingerprint density at radius 1 is 1.28 bits per heavy atom. The predicted octanol–water partition coefficient (Wildman–Crippen LogP) is -0.465. The third-order valence-electron chi connectivity index (χ3n) is 5.49. The molecule has 0 radical (unpaired) electrons. The largest absolute Gasteiger partial charge is 0.480 e. The SMILES string of the molecule is O=CNc1cccc(/C(=N\OCC(F)(F)F)C(=O)NC2C(=O)N3C(C(=O)O)=C(CSc4nnnn4CC(=O)O)CS[C@H]23)n1. The van der Waals surface area contributed by atoms with E-state index in [4.69, 9.17) is 5.11 Å². The molecule has 0 spiro atoms. The van der Waals surface area contributed by atoms with Crippen LogP contribution in [0.5, 0.6) is 0 Å². The van der Waals surface area contributed by atoms with Crippen LogP contribution in [0.3, 0.4) is 0 Å². The molecule has 228 valence electrons. The molecule has 2 atom stereocenters. The normalized spacial score (nSPS) is 18.4. The number of rotatable bonds is 13. The number of anilines is 1. The Kier molecular flexibility index (Phi) is 9.48. The highest BCUT2D eigenvalue weighted by Crippen LogP contribution is 2.41. The predicted molar refractivity (Wildman–Crippen MR) is 138 cm³/mol. The summed E-state index contributed by atoms with van der Waals surface area (Å²) in [5.74, 6) is -4.58. The first-order chi connectivity index (χ1) is 20.4. The third kappa shape index (κ3) is 7.38. The zero-order valence-electron chi connectivity index (χ0n) is 21.2. The smallest absolute Gasteiger partial charge is 0.425 e. The van der Waals surface area contributed by atoms with E-state index in [9.17, 15) is 42.3 Å². The minimum atomic E-state index is -4.78. The third-order valence-corrected chi connectivity index (χ3v) is 7.88. The summed E-state index contributed by atoms with van der Waals surface area (Å²) in [5.41, 5.74) is -1.08. The number of carboxylic acid groups (broad SMARTS) is 2. The average Bonchev–Trinajstić information content (AvgIpc) is 3.37. The van der Waals surface area contributed by atoms with Gasteiger partial charge in [0, 0.05) is 11.5 Å². The molecule has 0 aromatic carbocycles. The van der Waals surface area contributed by atoms with E-state index in [1.54, 1.807) is 0 Å². The molecule has 1 unspecified atom stereocenters. The second-order valence-electron chi connectivity index (χ2n) is 8.42. The summed E-state index contributed by atoms with van der Waals surface area (Å²) in [6.07, 6.45) is -4.50. The Bertz CT molecular complexity index is 1520. The van der Waals surface area contributed by atoms with Gasteiger partial charge in [0.15, 0.2) is 5.71 Å². The number of oxime groups is 1. The standard InChI is InChI=1S/C21H18F3N9O8S2/c22-21(23,24)7-41-29-13(10-2-1-3-11(26-10)25-8-34)16(37)27-14-17(38)33-15(19(39)40)9(5-42-18(14)33)6-43-20-28-30-31-32(20)4-12(35)36/h1-3,8,14,18H,4-7H2,(H,27,37)(H,35,36)(H,39,40)(H,25,26,34)/b29-13+/t14?,18-/m1/s1. The first-order valence-corrected chi connectivity index (χ1v) is 13.7. The lowest BCUT2D eigenvalue weighted by Gasteiger charge is -2.49. The van der Waals surface area contributed by atoms with Gasteiger partial charge in [-0.2, -0.15) is 13.2 Å². The number of hydrogen-bond donors (Lipinski definition) is 4. The monoisotopic (exact) mass is 645 g/mol. The van der Waals surface area contributed by atoms with Crippen LogP contribution in [-0.4, -0.2) is 112 Å². The number of hydrogen-bond acceptors (Lipinski definition) is 13. The summed E-state index contributed by atoms with van der Waals surface area (Å²) in [7, 11) is 0. The summed E-state index contributed by atoms with van der Waals surface area (Å²) in [4.78, 5) is 69.2. The van der Waals surface area contributed by atoms with Gasteiger partial charge in [0.05, 0.1) is 0 Å². The van der Waals surface area contributed by atoms with Gasteiger partial charge in [-0.3, -0.25) is 24.1 Å². The number of β-lactam (4-membered cyclic amide) rings is 1. The maximum absolute atomic E-state index is 13.1. The molecular weight excluding hydrogens is 627 g/mol. The van der Waals surface area contributed by atoms with E-state index in [0.717, 1.165) is 33.1 Å². The number of aromatic nitrogens is 5. The molecule has 43 heavy (non-hydrogen) atoms. The summed E-state index contributed by atoms with van der Waals surface area (Å²) in [6.45, 7) is -2.36. The highest BCUT2D eigenvalue weighted by molar-refractivity contribution is 8.01. The van der Waals surface area contributed by atoms with Gasteiger partial charge in [0.2, 0.25) is 18.2 Å². The van der Waals surface area contributed by atoms with Crippen LogP contribution < -0.4 is 10.6 Å². The summed E-state index contributed by atoms with van der Waals surface area (Å²) in [5, 5.41) is 36.5. The molecule has 1 fully saturated rings. The van der Waals surface area contributed by atoms with Gasteiger partial charge in [-0.25, -0.2) is 14.5 Å². The molecule has 22 heteroatoms. The Labute approximate surface area is 245 Å². The van der Waals surface area contributed by atoms with Crippen LogP contribution in [0.2, 0.25) is 0 Å². The lowest BCUT2D eigenvalue weighted by atomic mass is 10.0. The number of pyridine rings is 1. The van der Waals surface area contributed by atoms with Gasteiger partial charge in [-0.05, 0) is 28.1 Å². The fourth-order valence-electron chi connectivity index (χ4n) is 3.76. The van der Waals surface area contributed by atoms with Crippen LogP contribution in [0.25, 0.3) is 0 Å². The average molecular weight is 646 g/mol. The molecule has 2 aliphatic rings. The molecule has 0 aliphatic carbocycles. The van der Waals surface area contributed by atoms with Crippen molar-refractivity contribution < 1.29 is 52.2 Å². The summed E-state index contributed by atoms with van der Waals surface area (Å²) >= 11 is 2.06. The molecule has 0 saturated carbocycles. The number of carbonyl (C=O) groups is 5. The molecule has 1 saturated heterocycles. The second-order valence-corrected chi connectivity index (χ2v) is 10.5. The quantitative estimate of drug-likeness (QED) is 0.0710. The fourth-order valence-corrected chi connectivity index (χ4v) is 6.13. The Morgan fingerprint density at radius 3 is 2.72 bits per heavy atom. The lowest BCUT2D eigenvalue weighted by Crippen LogP contribution is -2.71. The number of carboxylic acids is 2. The molecule has 0 bridgehead atoms. The van der Waals surface area contributed by atoms with Crippen molar-refractivity contribution in [3.8, 4) is 0 Å². The van der Waals surface area contributed by atoms with E-state index in [0.29, 0.717) is 5.57 Å². The first-order valence-electron chi connectivity index (χ1n) is 11.7. The number of alkyl halides is 3. The Hall–Kier alpha value is -4.73. The van der Waals surface area contributed by atoms with Crippen molar-refractivity contribution in [3.05, 3.63) is 35.2 Å². The van der Waals surface area contributed by atoms with Crippen LogP contribution >= 0.6 is 23.5 Å². The van der Waals surface area contributed by atoms with Crippen molar-refractivity contribution in [1.82, 2.24) is 35.4 Å². The number of fused-ring (bicyclic) bond motifs is 1. The molecule has 3 amide bonds. The maximum atomic E-state index is 13.1. The number of carbonyl (C=O) groups excluding carboxylic acids is 3. The molecule has 2 aromatic rings. The van der Waals surface area contributed by atoms with Crippen LogP contribution in [0.4, 0.5) is 19.0 Å². The molecule has 4 rings (SSSR count). The van der Waals surface area contributed by atoms with Crippen molar-refractivity contribution in [2.24, 2.45) is 5.16 Å². The second kappa shape index (κ2) is 13.1. The number of aliphatic carboxylic acids is 2. The lowest BCUT2D eigenvalue weighted by molar-refractivity contribution is -0.174. The van der Waals surface area contributed by atoms with Crippen molar-refractivity contribution in [2.45, 2.75) is 29.3 Å². The van der Waals surface area contributed by atoms with Crippen LogP contribution in [0.1, 0.15) is 5.69 Å². The van der Waals surface area contributed by atoms with E-state index >= 15 is 0 Å². The maximum Gasteiger partial charge on any atom is 0.425 e. The zero-order chi connectivity index (χ0) is 31.3. The number of amides is 3. The molecule has 4 N–H and O–H groups in total. The van der Waals surface area contributed by atoms with E-state index in [1.165, 1.54) is 18.2 Å². The van der Waals surface area contributed by atoms with Gasteiger partial charge in [0.1, 0.15) is 35.2 Å². The van der Waals surface area contributed by atoms with Crippen LogP contribution in [0, 0.1) is 0 Å². The van der Waals surface area contributed by atoms with E-state index < -0.39 is 60.2 Å². The van der Waals surface area contributed by atoms with Crippen LogP contribution in [-0.2, 0) is 35.4 Å². The molecule has 2 aliphatic heterocycles. The number of nitrogens with one attached hydrogen (secondary N) is 2. The first kappa shape index (κ1) is 31.2. The van der Waals surface area contributed by atoms with Crippen molar-refractivity contribution >= 4 is 65.2 Å². The molecule has 2 aromatic heterocycles. The van der Waals surface area contributed by atoms with Crippen molar-refractivity contribution in [1.29, 1.82) is 0 Å². The minimum absolute atomic E-state index is 0.00760. The van der Waals surface area contributed by atoms with Gasteiger partial charge in [-0.15, -0.1) is 16.9 Å². The number of nitrogens with zero attached hydrogens (tertiary/aromatic N) is 7. The number of halogens is 3. The molecule has 17 nitrogen and oxygen atoms in total. The topological polar surface area (TPSA) is 231 Å². The van der Waals surface area contributed by atoms with E-state index in [1.807, 2.05) is 0 Å². The highest BCUT2D eigenvalue weighted by Gasteiger charge is 2.54. The number of thioether (sulfide) groups is 2. The Balaban J connectivity index is 1.51. The highest BCUT2D eigenvalue weighted by atomic mass is 32.2. The molecular formula is C21H18F3N9O8S2. The van der Waals surface area contributed by atoms with Crippen LogP contribution in [0.15, 0.2) is 39.8 Å². The minimum Gasteiger partial charge on any atom is -0.480 e. The van der Waals surface area contributed by atoms with Gasteiger partial charge >= 0.3 is 18.1 Å². The van der Waals surface area contributed by atoms with Gasteiger partial charge in [-0.1, -0.05) is 23.0 Å². The molecule has 4 heterocycles. The van der Waals surface area contributed by atoms with Crippen molar-refractivity contribution in [2.75, 3.05) is 23.4 Å². The zero-order valence-corrected chi connectivity index (χ0v) is 22.9.